The number of nitrogens with two attached hydrogens (primary N) is 1. The van der Waals surface area contributed by atoms with Crippen LogP contribution in [-0.2, 0) is 4.79 Å². The average molecular weight is 210 g/mol. The van der Waals surface area contributed by atoms with Crippen molar-refractivity contribution in [3.8, 4) is 0 Å². The Kier molecular flexibility index (Phi) is 3.29. The lowest BCUT2D eigenvalue weighted by molar-refractivity contribution is -0.128. The van der Waals surface area contributed by atoms with Gasteiger partial charge < -0.3 is 11.1 Å². The van der Waals surface area contributed by atoms with Gasteiger partial charge in [-0.15, -0.1) is 0 Å². The van der Waals surface area contributed by atoms with Crippen LogP contribution in [0, 0.1) is 11.8 Å². The van der Waals surface area contributed by atoms with Gasteiger partial charge in [0, 0.05) is 12.1 Å². The summed E-state index contributed by atoms with van der Waals surface area (Å²) in [7, 11) is 0. The molecule has 2 saturated carbocycles. The van der Waals surface area contributed by atoms with Crippen molar-refractivity contribution in [2.24, 2.45) is 17.6 Å². The molecule has 2 unspecified atom stereocenters. The van der Waals surface area contributed by atoms with Gasteiger partial charge >= 0.3 is 0 Å². The minimum atomic E-state index is 0.0784. The van der Waals surface area contributed by atoms with Gasteiger partial charge in [0.05, 0.1) is 5.92 Å². The third-order valence-corrected chi connectivity index (χ3v) is 3.88. The zero-order valence-corrected chi connectivity index (χ0v) is 9.54. The Balaban J connectivity index is 1.79. The van der Waals surface area contributed by atoms with Crippen LogP contribution in [0.3, 0.4) is 0 Å². The van der Waals surface area contributed by atoms with E-state index in [1.165, 1.54) is 6.42 Å². The van der Waals surface area contributed by atoms with Crippen molar-refractivity contribution in [1.29, 1.82) is 0 Å². The van der Waals surface area contributed by atoms with Gasteiger partial charge in [-0.05, 0) is 31.6 Å². The molecule has 15 heavy (non-hydrogen) atoms. The summed E-state index contributed by atoms with van der Waals surface area (Å²) < 4.78 is 0. The van der Waals surface area contributed by atoms with E-state index in [0.29, 0.717) is 6.04 Å². The molecular formula is C12H22N2O. The second-order valence-corrected chi connectivity index (χ2v) is 5.34. The maximum absolute atomic E-state index is 11.9. The normalized spacial score (nSPS) is 40.7. The van der Waals surface area contributed by atoms with Gasteiger partial charge in [-0.25, -0.2) is 0 Å². The Bertz CT molecular complexity index is 236. The lowest BCUT2D eigenvalue weighted by Gasteiger charge is -2.36. The summed E-state index contributed by atoms with van der Waals surface area (Å²) in [5.74, 6) is 1.07. The number of carbonyl (C=O) groups excluding carboxylic acids is 1. The molecule has 2 aliphatic rings. The zero-order chi connectivity index (χ0) is 10.8. The summed E-state index contributed by atoms with van der Waals surface area (Å²) in [6.45, 7) is 2.23. The van der Waals surface area contributed by atoms with Crippen molar-refractivity contribution in [3.63, 3.8) is 0 Å². The molecule has 0 bridgehead atoms. The van der Waals surface area contributed by atoms with Crippen molar-refractivity contribution < 1.29 is 4.79 Å². The summed E-state index contributed by atoms with van der Waals surface area (Å²) in [5, 5.41) is 3.13. The minimum absolute atomic E-state index is 0.0784. The molecule has 2 rings (SSSR count). The van der Waals surface area contributed by atoms with Gasteiger partial charge in [0.15, 0.2) is 0 Å². The summed E-state index contributed by atoms with van der Waals surface area (Å²) in [5.41, 5.74) is 5.98. The van der Waals surface area contributed by atoms with E-state index in [1.54, 1.807) is 0 Å². The van der Waals surface area contributed by atoms with E-state index < -0.39 is 0 Å². The number of hydrogen-bond donors (Lipinski definition) is 2. The van der Waals surface area contributed by atoms with Crippen molar-refractivity contribution in [3.05, 3.63) is 0 Å². The molecule has 0 aromatic rings. The minimum Gasteiger partial charge on any atom is -0.353 e. The van der Waals surface area contributed by atoms with Gasteiger partial charge in [-0.3, -0.25) is 4.79 Å². The van der Waals surface area contributed by atoms with E-state index >= 15 is 0 Å². The molecule has 3 heteroatoms. The summed E-state index contributed by atoms with van der Waals surface area (Å²) in [6, 6.07) is 0.526. The third kappa shape index (κ3) is 2.51. The van der Waals surface area contributed by atoms with E-state index in [-0.39, 0.29) is 17.9 Å². The molecule has 86 valence electrons. The summed E-state index contributed by atoms with van der Waals surface area (Å²) in [6.07, 6.45) is 6.63. The van der Waals surface area contributed by atoms with Gasteiger partial charge in [0.25, 0.3) is 0 Å². The van der Waals surface area contributed by atoms with E-state index in [0.717, 1.165) is 38.0 Å². The van der Waals surface area contributed by atoms with Crippen LogP contribution in [0.2, 0.25) is 0 Å². The lowest BCUT2D eigenvalue weighted by atomic mass is 9.80. The zero-order valence-electron chi connectivity index (χ0n) is 9.54. The monoisotopic (exact) mass is 210 g/mol. The number of carbonyl (C=O) groups is 1. The molecule has 2 fully saturated rings. The maximum atomic E-state index is 11.9. The smallest absolute Gasteiger partial charge is 0.224 e. The Morgan fingerprint density at radius 2 is 1.93 bits per heavy atom. The Morgan fingerprint density at radius 3 is 2.53 bits per heavy atom. The SMILES string of the molecule is CC1CC(NC(=O)C2CCCCC2N)C1. The molecule has 2 atom stereocenters. The fourth-order valence-corrected chi connectivity index (χ4v) is 2.81. The van der Waals surface area contributed by atoms with Gasteiger partial charge in [-0.1, -0.05) is 19.8 Å². The van der Waals surface area contributed by atoms with E-state index in [4.69, 9.17) is 5.73 Å². The molecule has 0 radical (unpaired) electrons. The second-order valence-electron chi connectivity index (χ2n) is 5.34. The van der Waals surface area contributed by atoms with Crippen LogP contribution in [0.25, 0.3) is 0 Å². The molecule has 0 heterocycles. The molecular weight excluding hydrogens is 188 g/mol. The predicted octanol–water partition coefficient (Wildman–Crippen LogP) is 1.42. The molecule has 3 N–H and O–H groups in total. The van der Waals surface area contributed by atoms with Crippen molar-refractivity contribution in [2.75, 3.05) is 0 Å². The standard InChI is InChI=1S/C12H22N2O/c1-8-6-9(7-8)14-12(15)10-4-2-3-5-11(10)13/h8-11H,2-7,13H2,1H3,(H,14,15). The molecule has 0 aromatic heterocycles. The van der Waals surface area contributed by atoms with Gasteiger partial charge in [-0.2, -0.15) is 0 Å². The second kappa shape index (κ2) is 4.52. The molecule has 2 aliphatic carbocycles. The summed E-state index contributed by atoms with van der Waals surface area (Å²) in [4.78, 5) is 11.9. The molecule has 0 spiro atoms. The van der Waals surface area contributed by atoms with Gasteiger partial charge in [0.1, 0.15) is 0 Å². The first-order valence-corrected chi connectivity index (χ1v) is 6.22. The Labute approximate surface area is 91.8 Å². The average Bonchev–Trinajstić information content (AvgIpc) is 2.16. The predicted molar refractivity (Wildman–Crippen MR) is 60.3 cm³/mol. The number of amides is 1. The van der Waals surface area contributed by atoms with Gasteiger partial charge in [0.2, 0.25) is 5.91 Å². The Morgan fingerprint density at radius 1 is 1.27 bits per heavy atom. The highest BCUT2D eigenvalue weighted by molar-refractivity contribution is 5.79. The highest BCUT2D eigenvalue weighted by Crippen LogP contribution is 2.28. The van der Waals surface area contributed by atoms with E-state index in [9.17, 15) is 4.79 Å². The largest absolute Gasteiger partial charge is 0.353 e. The fourth-order valence-electron chi connectivity index (χ4n) is 2.81. The van der Waals surface area contributed by atoms with Crippen molar-refractivity contribution >= 4 is 5.91 Å². The van der Waals surface area contributed by atoms with Crippen molar-refractivity contribution in [2.45, 2.75) is 57.5 Å². The van der Waals surface area contributed by atoms with Crippen LogP contribution >= 0.6 is 0 Å². The number of nitrogens with one attached hydrogen (secondary N) is 1. The van der Waals surface area contributed by atoms with Crippen LogP contribution in [0.4, 0.5) is 0 Å². The third-order valence-electron chi connectivity index (χ3n) is 3.88. The van der Waals surface area contributed by atoms with Crippen LogP contribution in [0.15, 0.2) is 0 Å². The van der Waals surface area contributed by atoms with Crippen LogP contribution in [0.1, 0.15) is 45.4 Å². The van der Waals surface area contributed by atoms with Crippen molar-refractivity contribution in [1.82, 2.24) is 5.32 Å². The first-order chi connectivity index (χ1) is 7.16. The number of hydrogen-bond acceptors (Lipinski definition) is 2. The summed E-state index contributed by atoms with van der Waals surface area (Å²) >= 11 is 0. The quantitative estimate of drug-likeness (QED) is 0.724. The fraction of sp³-hybridized carbons (Fsp3) is 0.917. The lowest BCUT2D eigenvalue weighted by Crippen LogP contribution is -2.50. The highest BCUT2D eigenvalue weighted by Gasteiger charge is 2.32. The van der Waals surface area contributed by atoms with Crippen LogP contribution in [0.5, 0.6) is 0 Å². The molecule has 0 saturated heterocycles. The van der Waals surface area contributed by atoms with E-state index in [1.807, 2.05) is 0 Å². The van der Waals surface area contributed by atoms with Crippen LogP contribution < -0.4 is 11.1 Å². The molecule has 0 aliphatic heterocycles. The molecule has 0 aromatic carbocycles. The Hall–Kier alpha value is -0.570. The first kappa shape index (κ1) is 10.9. The maximum Gasteiger partial charge on any atom is 0.224 e. The van der Waals surface area contributed by atoms with E-state index in [2.05, 4.69) is 12.2 Å². The highest BCUT2D eigenvalue weighted by atomic mass is 16.2. The molecule has 1 amide bonds. The topological polar surface area (TPSA) is 55.1 Å². The van der Waals surface area contributed by atoms with Crippen LogP contribution in [-0.4, -0.2) is 18.0 Å². The first-order valence-electron chi connectivity index (χ1n) is 6.22. The molecule has 3 nitrogen and oxygen atoms in total. The number of rotatable bonds is 2.